The number of hydrogen-bond donors (Lipinski definition) is 3. The lowest BCUT2D eigenvalue weighted by Gasteiger charge is -2.34. The van der Waals surface area contributed by atoms with Gasteiger partial charge in [-0.1, -0.05) is 13.0 Å². The summed E-state index contributed by atoms with van der Waals surface area (Å²) in [6.45, 7) is 4.00. The molecule has 1 heterocycles. The number of rotatable bonds is 5. The van der Waals surface area contributed by atoms with Crippen molar-refractivity contribution < 1.29 is 16.8 Å². The number of nitrogens with two attached hydrogens (primary N) is 1. The van der Waals surface area contributed by atoms with Crippen LogP contribution < -0.4 is 15.2 Å². The zero-order valence-electron chi connectivity index (χ0n) is 12.4. The third kappa shape index (κ3) is 4.26. The van der Waals surface area contributed by atoms with Crippen LogP contribution in [0.25, 0.3) is 0 Å². The molecule has 0 radical (unpaired) electrons. The van der Waals surface area contributed by atoms with Gasteiger partial charge in [0.25, 0.3) is 0 Å². The fraction of sp³-hybridized carbons (Fsp3) is 0.538. The molecule has 0 spiro atoms. The average Bonchev–Trinajstić information content (AvgIpc) is 2.46. The van der Waals surface area contributed by atoms with E-state index in [1.807, 2.05) is 6.92 Å². The molecule has 1 aliphatic rings. The molecular weight excluding hydrogens is 326 g/mol. The molecular formula is C13H21N3O4S2. The van der Waals surface area contributed by atoms with Crippen LogP contribution in [0.15, 0.2) is 34.1 Å². The summed E-state index contributed by atoms with van der Waals surface area (Å²) in [7, 11) is -7.71. The van der Waals surface area contributed by atoms with Crippen molar-refractivity contribution in [3.8, 4) is 0 Å². The summed E-state index contributed by atoms with van der Waals surface area (Å²) >= 11 is 0. The number of piperidine rings is 1. The third-order valence-corrected chi connectivity index (χ3v) is 6.13. The number of benzene rings is 1. The Morgan fingerprint density at radius 2 is 1.95 bits per heavy atom. The topological polar surface area (TPSA) is 118 Å². The Morgan fingerprint density at radius 3 is 2.55 bits per heavy atom. The van der Waals surface area contributed by atoms with E-state index in [-0.39, 0.29) is 15.2 Å². The molecule has 7 nitrogen and oxygen atoms in total. The van der Waals surface area contributed by atoms with Crippen molar-refractivity contribution in [2.75, 3.05) is 19.6 Å². The van der Waals surface area contributed by atoms with Crippen molar-refractivity contribution in [3.05, 3.63) is 24.3 Å². The molecule has 9 heteroatoms. The summed E-state index contributed by atoms with van der Waals surface area (Å²) in [5.74, 6) is 0. The molecule has 1 fully saturated rings. The first kappa shape index (κ1) is 17.4. The molecule has 1 unspecified atom stereocenters. The molecule has 1 aromatic carbocycles. The monoisotopic (exact) mass is 347 g/mol. The quantitative estimate of drug-likeness (QED) is 0.693. The Kier molecular flexibility index (Phi) is 4.93. The van der Waals surface area contributed by atoms with Crippen LogP contribution in [0.2, 0.25) is 0 Å². The summed E-state index contributed by atoms with van der Waals surface area (Å²) in [4.78, 5) is -0.327. The zero-order chi connectivity index (χ0) is 16.4. The van der Waals surface area contributed by atoms with Crippen LogP contribution in [0.5, 0.6) is 0 Å². The van der Waals surface area contributed by atoms with E-state index in [1.54, 1.807) is 0 Å². The van der Waals surface area contributed by atoms with Gasteiger partial charge in [0, 0.05) is 13.1 Å². The van der Waals surface area contributed by atoms with Gasteiger partial charge >= 0.3 is 0 Å². The van der Waals surface area contributed by atoms with E-state index in [0.29, 0.717) is 6.54 Å². The van der Waals surface area contributed by atoms with Gasteiger partial charge in [0.15, 0.2) is 0 Å². The summed E-state index contributed by atoms with van der Waals surface area (Å²) < 4.78 is 49.9. The van der Waals surface area contributed by atoms with Crippen molar-refractivity contribution in [1.82, 2.24) is 10.0 Å². The number of sulfonamides is 2. The first-order valence-corrected chi connectivity index (χ1v) is 9.99. The van der Waals surface area contributed by atoms with Gasteiger partial charge in [0.2, 0.25) is 20.0 Å². The van der Waals surface area contributed by atoms with Crippen LogP contribution in [0.1, 0.15) is 19.8 Å². The molecule has 0 amide bonds. The minimum Gasteiger partial charge on any atom is -0.316 e. The summed E-state index contributed by atoms with van der Waals surface area (Å²) in [5.41, 5.74) is -0.150. The van der Waals surface area contributed by atoms with E-state index < -0.39 is 20.0 Å². The molecule has 0 saturated carbocycles. The molecule has 1 aromatic rings. The van der Waals surface area contributed by atoms with Crippen molar-refractivity contribution in [1.29, 1.82) is 0 Å². The predicted molar refractivity (Wildman–Crippen MR) is 83.2 cm³/mol. The number of primary sulfonamides is 1. The predicted octanol–water partition coefficient (Wildman–Crippen LogP) is 0.00200. The molecule has 124 valence electrons. The average molecular weight is 347 g/mol. The maximum Gasteiger partial charge on any atom is 0.240 e. The second-order valence-electron chi connectivity index (χ2n) is 5.94. The zero-order valence-corrected chi connectivity index (χ0v) is 14.0. The van der Waals surface area contributed by atoms with Crippen LogP contribution in [-0.4, -0.2) is 36.5 Å². The van der Waals surface area contributed by atoms with Gasteiger partial charge in [0.05, 0.1) is 9.79 Å². The molecule has 0 aromatic heterocycles. The minimum atomic E-state index is -3.94. The lowest BCUT2D eigenvalue weighted by Crippen LogP contribution is -2.45. The summed E-state index contributed by atoms with van der Waals surface area (Å²) in [5, 5.41) is 8.28. The van der Waals surface area contributed by atoms with Gasteiger partial charge in [-0.05, 0) is 43.0 Å². The van der Waals surface area contributed by atoms with E-state index in [1.165, 1.54) is 18.2 Å². The Morgan fingerprint density at radius 1 is 1.27 bits per heavy atom. The lowest BCUT2D eigenvalue weighted by atomic mass is 9.83. The van der Waals surface area contributed by atoms with Gasteiger partial charge in [-0.3, -0.25) is 0 Å². The first-order valence-electron chi connectivity index (χ1n) is 6.96. The molecule has 1 atom stereocenters. The number of nitrogens with one attached hydrogen (secondary N) is 2. The van der Waals surface area contributed by atoms with Crippen molar-refractivity contribution in [2.45, 2.75) is 29.6 Å². The normalized spacial score (nSPS) is 23.4. The van der Waals surface area contributed by atoms with Gasteiger partial charge in [-0.15, -0.1) is 0 Å². The molecule has 22 heavy (non-hydrogen) atoms. The van der Waals surface area contributed by atoms with Crippen molar-refractivity contribution in [2.24, 2.45) is 10.6 Å². The Balaban J connectivity index is 2.17. The van der Waals surface area contributed by atoms with E-state index >= 15 is 0 Å². The number of hydrogen-bond acceptors (Lipinski definition) is 5. The second kappa shape index (κ2) is 6.25. The van der Waals surface area contributed by atoms with E-state index in [9.17, 15) is 16.8 Å². The van der Waals surface area contributed by atoms with Crippen LogP contribution in [0.3, 0.4) is 0 Å². The highest BCUT2D eigenvalue weighted by Crippen LogP contribution is 2.25. The van der Waals surface area contributed by atoms with Crippen LogP contribution in [-0.2, 0) is 20.0 Å². The second-order valence-corrected chi connectivity index (χ2v) is 9.26. The highest BCUT2D eigenvalue weighted by atomic mass is 32.2. The molecule has 2 rings (SSSR count). The molecule has 1 aliphatic heterocycles. The largest absolute Gasteiger partial charge is 0.316 e. The highest BCUT2D eigenvalue weighted by molar-refractivity contribution is 7.90. The highest BCUT2D eigenvalue weighted by Gasteiger charge is 2.29. The Labute approximate surface area is 131 Å². The van der Waals surface area contributed by atoms with Crippen LogP contribution >= 0.6 is 0 Å². The first-order chi connectivity index (χ1) is 10.1. The standard InChI is InChI=1S/C13H21N3O4S2/c1-13(6-3-7-15-9-13)10-16-22(19,20)12-5-2-4-11(8-12)21(14,17)18/h2,4-5,8,15-16H,3,6-7,9-10H2,1H3,(H2,14,17,18). The van der Waals surface area contributed by atoms with E-state index in [4.69, 9.17) is 5.14 Å². The van der Waals surface area contributed by atoms with Crippen LogP contribution in [0, 0.1) is 5.41 Å². The van der Waals surface area contributed by atoms with E-state index in [2.05, 4.69) is 10.0 Å². The Bertz CT molecular complexity index is 738. The van der Waals surface area contributed by atoms with Crippen LogP contribution in [0.4, 0.5) is 0 Å². The lowest BCUT2D eigenvalue weighted by molar-refractivity contribution is 0.238. The third-order valence-electron chi connectivity index (χ3n) is 3.82. The molecule has 0 aliphatic carbocycles. The fourth-order valence-corrected chi connectivity index (χ4v) is 4.32. The fourth-order valence-electron chi connectivity index (χ4n) is 2.44. The molecule has 0 bridgehead atoms. The Hall–Kier alpha value is -1.00. The summed E-state index contributed by atoms with van der Waals surface area (Å²) in [6.07, 6.45) is 1.93. The van der Waals surface area contributed by atoms with E-state index in [0.717, 1.165) is 32.0 Å². The van der Waals surface area contributed by atoms with Gasteiger partial charge in [-0.2, -0.15) is 0 Å². The SMILES string of the molecule is CC1(CNS(=O)(=O)c2cccc(S(N)(=O)=O)c2)CCCNC1. The molecule has 1 saturated heterocycles. The van der Waals surface area contributed by atoms with Crippen molar-refractivity contribution >= 4 is 20.0 Å². The smallest absolute Gasteiger partial charge is 0.240 e. The van der Waals surface area contributed by atoms with Gasteiger partial charge in [0.1, 0.15) is 0 Å². The molecule has 4 N–H and O–H groups in total. The van der Waals surface area contributed by atoms with Crippen molar-refractivity contribution in [3.63, 3.8) is 0 Å². The van der Waals surface area contributed by atoms with Gasteiger partial charge in [-0.25, -0.2) is 26.7 Å². The summed E-state index contributed by atoms with van der Waals surface area (Å²) in [6, 6.07) is 5.04. The van der Waals surface area contributed by atoms with Gasteiger partial charge < -0.3 is 5.32 Å². The maximum atomic E-state index is 12.3. The maximum absolute atomic E-state index is 12.3. The minimum absolute atomic E-state index is 0.105.